The van der Waals surface area contributed by atoms with Crippen molar-refractivity contribution in [1.29, 1.82) is 0 Å². The number of carbonyl (C=O) groups is 1. The van der Waals surface area contributed by atoms with Crippen molar-refractivity contribution in [3.8, 4) is 0 Å². The highest BCUT2D eigenvalue weighted by atomic mass is 127. The van der Waals surface area contributed by atoms with Gasteiger partial charge in [0.05, 0.1) is 5.60 Å². The molecule has 0 aromatic rings. The summed E-state index contributed by atoms with van der Waals surface area (Å²) >= 11 is 0. The fourth-order valence-corrected chi connectivity index (χ4v) is 4.11. The lowest BCUT2D eigenvalue weighted by Gasteiger charge is -2.59. The van der Waals surface area contributed by atoms with Gasteiger partial charge in [-0.25, -0.2) is 4.79 Å². The number of amides is 1. The lowest BCUT2D eigenvalue weighted by Crippen LogP contribution is -2.69. The predicted molar refractivity (Wildman–Crippen MR) is 128 cm³/mol. The molecule has 0 radical (unpaired) electrons. The fourth-order valence-electron chi connectivity index (χ4n) is 4.11. The van der Waals surface area contributed by atoms with Crippen LogP contribution in [-0.2, 0) is 9.47 Å². The Balaban J connectivity index is 0.00000420. The van der Waals surface area contributed by atoms with E-state index in [-0.39, 0.29) is 47.1 Å². The first kappa shape index (κ1) is 26.3. The van der Waals surface area contributed by atoms with E-state index in [4.69, 9.17) is 9.47 Å². The number of nitrogens with one attached hydrogen (secondary N) is 3. The van der Waals surface area contributed by atoms with Crippen LogP contribution in [0.15, 0.2) is 4.99 Å². The summed E-state index contributed by atoms with van der Waals surface area (Å²) in [4.78, 5) is 16.4. The number of hydrogen-bond acceptors (Lipinski definition) is 4. The molecule has 7 nitrogen and oxygen atoms in total. The highest BCUT2D eigenvalue weighted by Gasteiger charge is 2.58. The molecule has 0 bridgehead atoms. The van der Waals surface area contributed by atoms with Crippen molar-refractivity contribution in [2.45, 2.75) is 103 Å². The molecule has 0 aromatic heterocycles. The minimum absolute atomic E-state index is 0. The zero-order valence-corrected chi connectivity index (χ0v) is 21.7. The largest absolute Gasteiger partial charge is 0.444 e. The Bertz CT molecular complexity index is 583. The zero-order chi connectivity index (χ0) is 21.2. The summed E-state index contributed by atoms with van der Waals surface area (Å²) in [7, 11) is 3.60. The standard InChI is InChI=1S/C21H40N4O3.HI/c1-19(2,3)28-18(26)24-15-11-9-14(10-12-15)23-17(22-7)25-16-13-21(6,27-8)20(16,4)5;/h14-16H,9-13H2,1-8H3,(H,24,26)(H2,22,23,25);1H. The van der Waals surface area contributed by atoms with Crippen LogP contribution in [-0.4, -0.2) is 55.5 Å². The monoisotopic (exact) mass is 524 g/mol. The summed E-state index contributed by atoms with van der Waals surface area (Å²) in [6.07, 6.45) is 4.49. The maximum absolute atomic E-state index is 11.9. The van der Waals surface area contributed by atoms with Crippen molar-refractivity contribution in [3.05, 3.63) is 0 Å². The van der Waals surface area contributed by atoms with E-state index in [2.05, 4.69) is 41.7 Å². The predicted octanol–water partition coefficient (Wildman–Crippen LogP) is 3.81. The van der Waals surface area contributed by atoms with Crippen LogP contribution in [0.4, 0.5) is 4.79 Å². The number of alkyl carbamates (subject to hydrolysis) is 1. The average molecular weight is 524 g/mol. The van der Waals surface area contributed by atoms with E-state index < -0.39 is 5.60 Å². The Hall–Kier alpha value is -0.770. The first-order chi connectivity index (χ1) is 12.9. The molecule has 8 heteroatoms. The van der Waals surface area contributed by atoms with E-state index in [1.54, 1.807) is 7.11 Å². The number of rotatable bonds is 4. The molecule has 2 saturated carbocycles. The first-order valence-electron chi connectivity index (χ1n) is 10.4. The Labute approximate surface area is 193 Å². The second-order valence-electron chi connectivity index (χ2n) is 9.97. The quantitative estimate of drug-likeness (QED) is 0.296. The number of ether oxygens (including phenoxy) is 2. The number of carbonyl (C=O) groups excluding carboxylic acids is 1. The van der Waals surface area contributed by atoms with Gasteiger partial charge in [-0.3, -0.25) is 4.99 Å². The van der Waals surface area contributed by atoms with Crippen molar-refractivity contribution in [3.63, 3.8) is 0 Å². The molecule has 2 aliphatic rings. The minimum atomic E-state index is -0.463. The highest BCUT2D eigenvalue weighted by Crippen LogP contribution is 2.51. The molecular formula is C21H41IN4O3. The van der Waals surface area contributed by atoms with Gasteiger partial charge in [0.15, 0.2) is 5.96 Å². The van der Waals surface area contributed by atoms with Gasteiger partial charge in [0.1, 0.15) is 5.60 Å². The van der Waals surface area contributed by atoms with E-state index >= 15 is 0 Å². The summed E-state index contributed by atoms with van der Waals surface area (Å²) < 4.78 is 11.1. The molecule has 2 unspecified atom stereocenters. The van der Waals surface area contributed by atoms with E-state index in [0.717, 1.165) is 38.1 Å². The lowest BCUT2D eigenvalue weighted by atomic mass is 9.56. The van der Waals surface area contributed by atoms with Crippen LogP contribution < -0.4 is 16.0 Å². The van der Waals surface area contributed by atoms with Crippen molar-refractivity contribution in [2.24, 2.45) is 10.4 Å². The Morgan fingerprint density at radius 1 is 1.00 bits per heavy atom. The summed E-state index contributed by atoms with van der Waals surface area (Å²) in [5, 5.41) is 10.1. The fraction of sp³-hybridized carbons (Fsp3) is 0.905. The molecule has 1 amide bonds. The van der Waals surface area contributed by atoms with Crippen LogP contribution >= 0.6 is 24.0 Å². The Morgan fingerprint density at radius 3 is 1.93 bits per heavy atom. The normalized spacial score (nSPS) is 31.7. The third-order valence-electron chi connectivity index (χ3n) is 6.60. The van der Waals surface area contributed by atoms with E-state index in [9.17, 15) is 4.79 Å². The van der Waals surface area contributed by atoms with Gasteiger partial charge in [-0.15, -0.1) is 24.0 Å². The molecule has 2 fully saturated rings. The van der Waals surface area contributed by atoms with Crippen molar-refractivity contribution in [1.82, 2.24) is 16.0 Å². The molecule has 2 rings (SSSR count). The van der Waals surface area contributed by atoms with Crippen molar-refractivity contribution < 1.29 is 14.3 Å². The lowest BCUT2D eigenvalue weighted by molar-refractivity contribution is -0.176. The maximum atomic E-state index is 11.9. The van der Waals surface area contributed by atoms with Crippen LogP contribution in [0.1, 0.15) is 73.6 Å². The minimum Gasteiger partial charge on any atom is -0.444 e. The third kappa shape index (κ3) is 6.60. The molecule has 29 heavy (non-hydrogen) atoms. The third-order valence-corrected chi connectivity index (χ3v) is 6.60. The summed E-state index contributed by atoms with van der Waals surface area (Å²) in [5.41, 5.74) is -0.529. The van der Waals surface area contributed by atoms with E-state index in [0.29, 0.717) is 12.1 Å². The highest BCUT2D eigenvalue weighted by molar-refractivity contribution is 14.0. The van der Waals surface area contributed by atoms with Crippen LogP contribution in [0.25, 0.3) is 0 Å². The van der Waals surface area contributed by atoms with Crippen molar-refractivity contribution in [2.75, 3.05) is 14.2 Å². The molecule has 2 aliphatic carbocycles. The van der Waals surface area contributed by atoms with Gasteiger partial charge >= 0.3 is 6.09 Å². The molecule has 0 aromatic carbocycles. The first-order valence-corrected chi connectivity index (χ1v) is 10.4. The molecule has 0 aliphatic heterocycles. The molecule has 2 atom stereocenters. The second-order valence-corrected chi connectivity index (χ2v) is 9.97. The topological polar surface area (TPSA) is 84.0 Å². The van der Waals surface area contributed by atoms with Gasteiger partial charge in [0, 0.05) is 37.7 Å². The van der Waals surface area contributed by atoms with E-state index in [1.165, 1.54) is 0 Å². The van der Waals surface area contributed by atoms with Crippen LogP contribution in [0.3, 0.4) is 0 Å². The number of aliphatic imine (C=N–C) groups is 1. The molecule has 0 spiro atoms. The second kappa shape index (κ2) is 10.0. The number of nitrogens with zero attached hydrogens (tertiary/aromatic N) is 1. The van der Waals surface area contributed by atoms with Gasteiger partial charge in [0.2, 0.25) is 0 Å². The van der Waals surface area contributed by atoms with Gasteiger partial charge < -0.3 is 25.4 Å². The van der Waals surface area contributed by atoms with Crippen LogP contribution in [0.5, 0.6) is 0 Å². The summed E-state index contributed by atoms with van der Waals surface area (Å²) in [5.74, 6) is 0.847. The van der Waals surface area contributed by atoms with Crippen LogP contribution in [0, 0.1) is 5.41 Å². The molecule has 3 N–H and O–H groups in total. The molecule has 170 valence electrons. The number of hydrogen-bond donors (Lipinski definition) is 3. The summed E-state index contributed by atoms with van der Waals surface area (Å²) in [6, 6.07) is 0.865. The molecule has 0 heterocycles. The van der Waals surface area contributed by atoms with E-state index in [1.807, 2.05) is 27.8 Å². The number of halogens is 1. The van der Waals surface area contributed by atoms with Gasteiger partial charge in [-0.05, 0) is 59.8 Å². The van der Waals surface area contributed by atoms with Gasteiger partial charge in [0.25, 0.3) is 0 Å². The number of methoxy groups -OCH3 is 1. The zero-order valence-electron chi connectivity index (χ0n) is 19.3. The number of guanidine groups is 1. The summed E-state index contributed by atoms with van der Waals surface area (Å²) in [6.45, 7) is 12.3. The molecular weight excluding hydrogens is 483 g/mol. The van der Waals surface area contributed by atoms with Crippen molar-refractivity contribution >= 4 is 36.0 Å². The molecule has 0 saturated heterocycles. The maximum Gasteiger partial charge on any atom is 0.407 e. The SMILES string of the molecule is CN=C(NC1CCC(NC(=O)OC(C)(C)C)CC1)NC1CC(C)(OC)C1(C)C.I. The average Bonchev–Trinajstić information content (AvgIpc) is 2.60. The van der Waals surface area contributed by atoms with Gasteiger partial charge in [-0.1, -0.05) is 13.8 Å². The smallest absolute Gasteiger partial charge is 0.407 e. The van der Waals surface area contributed by atoms with Gasteiger partial charge in [-0.2, -0.15) is 0 Å². The Kier molecular flexibility index (Phi) is 9.08. The van der Waals surface area contributed by atoms with Crippen LogP contribution in [0.2, 0.25) is 0 Å². The Morgan fingerprint density at radius 2 is 1.52 bits per heavy atom.